The topological polar surface area (TPSA) is 41.6 Å². The van der Waals surface area contributed by atoms with Gasteiger partial charge in [-0.15, -0.1) is 0 Å². The molecular formula is C19H23ClN2O2. The Labute approximate surface area is 148 Å². The van der Waals surface area contributed by atoms with Gasteiger partial charge in [0, 0.05) is 30.8 Å². The monoisotopic (exact) mass is 346 g/mol. The molecule has 0 saturated carbocycles. The van der Waals surface area contributed by atoms with Gasteiger partial charge >= 0.3 is 0 Å². The van der Waals surface area contributed by atoms with E-state index in [9.17, 15) is 4.79 Å². The maximum absolute atomic E-state index is 12.4. The van der Waals surface area contributed by atoms with Crippen LogP contribution in [-0.2, 0) is 4.79 Å². The zero-order chi connectivity index (χ0) is 17.6. The Balaban J connectivity index is 1.83. The van der Waals surface area contributed by atoms with Crippen molar-refractivity contribution in [2.24, 2.45) is 0 Å². The van der Waals surface area contributed by atoms with Crippen molar-refractivity contribution in [1.29, 1.82) is 0 Å². The number of hydrogen-bond donors (Lipinski definition) is 1. The van der Waals surface area contributed by atoms with Crippen LogP contribution in [0.1, 0.15) is 13.8 Å². The average Bonchev–Trinajstić information content (AvgIpc) is 2.57. The average molecular weight is 347 g/mol. The zero-order valence-corrected chi connectivity index (χ0v) is 15.0. The molecule has 0 radical (unpaired) electrons. The zero-order valence-electron chi connectivity index (χ0n) is 14.3. The van der Waals surface area contributed by atoms with Crippen LogP contribution in [0.2, 0.25) is 5.02 Å². The first-order valence-corrected chi connectivity index (χ1v) is 8.25. The summed E-state index contributed by atoms with van der Waals surface area (Å²) in [5.74, 6) is 0.458. The quantitative estimate of drug-likeness (QED) is 0.830. The van der Waals surface area contributed by atoms with Crippen LogP contribution < -0.4 is 15.0 Å². The third-order valence-corrected chi connectivity index (χ3v) is 3.92. The van der Waals surface area contributed by atoms with Crippen molar-refractivity contribution >= 4 is 23.2 Å². The van der Waals surface area contributed by atoms with Crippen molar-refractivity contribution in [1.82, 2.24) is 5.32 Å². The highest BCUT2D eigenvalue weighted by Crippen LogP contribution is 2.21. The molecule has 0 aliphatic rings. The van der Waals surface area contributed by atoms with Crippen LogP contribution in [0.25, 0.3) is 0 Å². The predicted octanol–water partition coefficient (Wildman–Crippen LogP) is 3.75. The maximum atomic E-state index is 12.4. The maximum Gasteiger partial charge on any atom is 0.263 e. The van der Waals surface area contributed by atoms with Crippen molar-refractivity contribution in [3.8, 4) is 5.75 Å². The molecule has 0 heterocycles. The van der Waals surface area contributed by atoms with Crippen LogP contribution in [0.5, 0.6) is 5.75 Å². The normalized spacial score (nSPS) is 11.0. The molecule has 0 bridgehead atoms. The summed E-state index contributed by atoms with van der Waals surface area (Å²) in [4.78, 5) is 14.5. The van der Waals surface area contributed by atoms with Gasteiger partial charge in [0.1, 0.15) is 5.75 Å². The van der Waals surface area contributed by atoms with E-state index in [1.807, 2.05) is 37.4 Å². The summed E-state index contributed by atoms with van der Waals surface area (Å²) in [6.07, 6.45) is 0. The van der Waals surface area contributed by atoms with Crippen LogP contribution in [-0.4, -0.2) is 31.6 Å². The molecule has 0 saturated heterocycles. The summed E-state index contributed by atoms with van der Waals surface area (Å²) >= 11 is 5.85. The molecule has 2 rings (SSSR count). The molecule has 0 atom stereocenters. The van der Waals surface area contributed by atoms with Crippen LogP contribution in [0.15, 0.2) is 54.6 Å². The first-order chi connectivity index (χ1) is 11.4. The molecule has 5 heteroatoms. The van der Waals surface area contributed by atoms with Crippen LogP contribution >= 0.6 is 11.6 Å². The summed E-state index contributed by atoms with van der Waals surface area (Å²) < 4.78 is 5.78. The minimum atomic E-state index is -0.959. The molecule has 1 amide bonds. The molecule has 0 aliphatic carbocycles. The van der Waals surface area contributed by atoms with Crippen LogP contribution in [0.4, 0.5) is 5.69 Å². The number of rotatable bonds is 7. The predicted molar refractivity (Wildman–Crippen MR) is 98.9 cm³/mol. The van der Waals surface area contributed by atoms with Gasteiger partial charge in [-0.3, -0.25) is 4.79 Å². The molecule has 0 fully saturated rings. The molecular weight excluding hydrogens is 324 g/mol. The van der Waals surface area contributed by atoms with Crippen molar-refractivity contribution in [2.45, 2.75) is 19.4 Å². The third kappa shape index (κ3) is 5.17. The summed E-state index contributed by atoms with van der Waals surface area (Å²) in [5.41, 5.74) is 0.155. The Hall–Kier alpha value is -2.20. The van der Waals surface area contributed by atoms with Crippen LogP contribution in [0.3, 0.4) is 0 Å². The number of anilines is 1. The highest BCUT2D eigenvalue weighted by Gasteiger charge is 2.29. The molecule has 24 heavy (non-hydrogen) atoms. The largest absolute Gasteiger partial charge is 0.478 e. The Morgan fingerprint density at radius 2 is 1.75 bits per heavy atom. The van der Waals surface area contributed by atoms with Gasteiger partial charge in [0.2, 0.25) is 0 Å². The summed E-state index contributed by atoms with van der Waals surface area (Å²) in [6.45, 7) is 4.75. The second kappa shape index (κ2) is 8.06. The molecule has 0 aliphatic heterocycles. The van der Waals surface area contributed by atoms with Gasteiger partial charge < -0.3 is 15.0 Å². The van der Waals surface area contributed by atoms with E-state index < -0.39 is 5.60 Å². The standard InChI is InChI=1S/C19H23ClN2O2/c1-19(2,24-17-11-9-15(20)10-12-17)18(23)21-13-14-22(3)16-7-5-4-6-8-16/h4-12H,13-14H2,1-3H3,(H,21,23). The van der Waals surface area contributed by atoms with Gasteiger partial charge in [-0.2, -0.15) is 0 Å². The minimum absolute atomic E-state index is 0.154. The van der Waals surface area contributed by atoms with Crippen molar-refractivity contribution in [3.05, 3.63) is 59.6 Å². The lowest BCUT2D eigenvalue weighted by atomic mass is 10.1. The number of carbonyl (C=O) groups excluding carboxylic acids is 1. The number of benzene rings is 2. The van der Waals surface area contributed by atoms with Crippen molar-refractivity contribution < 1.29 is 9.53 Å². The number of carbonyl (C=O) groups is 1. The van der Waals surface area contributed by atoms with E-state index in [0.717, 1.165) is 5.69 Å². The fourth-order valence-corrected chi connectivity index (χ4v) is 2.33. The van der Waals surface area contributed by atoms with E-state index in [-0.39, 0.29) is 5.91 Å². The summed E-state index contributed by atoms with van der Waals surface area (Å²) in [7, 11) is 2.00. The summed E-state index contributed by atoms with van der Waals surface area (Å²) in [5, 5.41) is 3.56. The number of nitrogens with one attached hydrogen (secondary N) is 1. The van der Waals surface area contributed by atoms with Crippen LogP contribution in [0, 0.1) is 0 Å². The van der Waals surface area contributed by atoms with Gasteiger partial charge in [0.05, 0.1) is 0 Å². The molecule has 0 unspecified atom stereocenters. The van der Waals surface area contributed by atoms with Gasteiger partial charge in [0.15, 0.2) is 5.60 Å². The van der Waals surface area contributed by atoms with E-state index >= 15 is 0 Å². The Morgan fingerprint density at radius 3 is 2.38 bits per heavy atom. The fraction of sp³-hybridized carbons (Fsp3) is 0.316. The Bertz CT molecular complexity index is 657. The second-order valence-electron chi connectivity index (χ2n) is 6.08. The number of hydrogen-bond acceptors (Lipinski definition) is 3. The van der Waals surface area contributed by atoms with Gasteiger partial charge in [-0.05, 0) is 50.2 Å². The van der Waals surface area contributed by atoms with E-state index in [0.29, 0.717) is 23.9 Å². The molecule has 2 aromatic carbocycles. The van der Waals surface area contributed by atoms with Gasteiger partial charge in [-0.25, -0.2) is 0 Å². The fourth-order valence-electron chi connectivity index (χ4n) is 2.21. The number of nitrogens with zero attached hydrogens (tertiary/aromatic N) is 1. The SMILES string of the molecule is CN(CCNC(=O)C(C)(C)Oc1ccc(Cl)cc1)c1ccccc1. The lowest BCUT2D eigenvalue weighted by molar-refractivity contribution is -0.134. The number of para-hydroxylation sites is 1. The van der Waals surface area contributed by atoms with Gasteiger partial charge in [0.25, 0.3) is 5.91 Å². The van der Waals surface area contributed by atoms with Crippen molar-refractivity contribution in [3.63, 3.8) is 0 Å². The molecule has 0 spiro atoms. The number of ether oxygens (including phenoxy) is 1. The van der Waals surface area contributed by atoms with Gasteiger partial charge in [-0.1, -0.05) is 29.8 Å². The van der Waals surface area contributed by atoms with E-state index in [1.165, 1.54) is 0 Å². The number of likely N-dealkylation sites (N-methyl/N-ethyl adjacent to an activating group) is 1. The first-order valence-electron chi connectivity index (χ1n) is 7.87. The first kappa shape index (κ1) is 18.1. The molecule has 4 nitrogen and oxygen atoms in total. The van der Waals surface area contributed by atoms with Crippen molar-refractivity contribution in [2.75, 3.05) is 25.0 Å². The lowest BCUT2D eigenvalue weighted by Crippen LogP contribution is -2.48. The molecule has 0 aromatic heterocycles. The second-order valence-corrected chi connectivity index (χ2v) is 6.52. The Morgan fingerprint density at radius 1 is 1.12 bits per heavy atom. The lowest BCUT2D eigenvalue weighted by Gasteiger charge is -2.26. The highest BCUT2D eigenvalue weighted by molar-refractivity contribution is 6.30. The van der Waals surface area contributed by atoms with E-state index in [4.69, 9.17) is 16.3 Å². The number of halogens is 1. The summed E-state index contributed by atoms with van der Waals surface area (Å²) in [6, 6.07) is 17.0. The molecule has 1 N–H and O–H groups in total. The highest BCUT2D eigenvalue weighted by atomic mass is 35.5. The van der Waals surface area contributed by atoms with E-state index in [2.05, 4.69) is 10.2 Å². The molecule has 128 valence electrons. The smallest absolute Gasteiger partial charge is 0.263 e. The minimum Gasteiger partial charge on any atom is -0.478 e. The Kier molecular flexibility index (Phi) is 6.10. The van der Waals surface area contributed by atoms with E-state index in [1.54, 1.807) is 38.1 Å². The number of amides is 1. The molecule has 2 aromatic rings. The third-order valence-electron chi connectivity index (χ3n) is 3.66.